The van der Waals surface area contributed by atoms with Crippen LogP contribution in [0.2, 0.25) is 0 Å². The van der Waals surface area contributed by atoms with Crippen molar-refractivity contribution in [2.45, 2.75) is 268 Å². The number of fused-ring (bicyclic) bond motifs is 8. The lowest BCUT2D eigenvalue weighted by atomic mass is 9.34. The molecule has 4 aromatic rings. The Morgan fingerprint density at radius 1 is 0.744 bits per heavy atom. The van der Waals surface area contributed by atoms with Gasteiger partial charge in [0, 0.05) is 30.3 Å². The van der Waals surface area contributed by atoms with E-state index in [9.17, 15) is 24.9 Å². The molecule has 480 valence electrons. The molecule has 2 bridgehead atoms. The molecule has 2 aliphatic heterocycles. The second-order valence-electron chi connectivity index (χ2n) is 33.9. The van der Waals surface area contributed by atoms with Gasteiger partial charge in [0.1, 0.15) is 12.7 Å². The number of hydrogen-bond donors (Lipinski definition) is 3. The van der Waals surface area contributed by atoms with Crippen molar-refractivity contribution in [3.63, 3.8) is 0 Å². The number of carbonyl (C=O) groups is 2. The van der Waals surface area contributed by atoms with E-state index in [1.165, 1.54) is 101 Å². The van der Waals surface area contributed by atoms with E-state index < -0.39 is 46.1 Å². The molecule has 0 amide bonds. The normalized spacial score (nSPS) is 41.1. The van der Waals surface area contributed by atoms with Gasteiger partial charge in [0.05, 0.1) is 35.1 Å². The standard InChI is InChI=1S/C83H106O7/c1-54(2)28-30-57-34-41-78(48-57)44-45-79(52-78)53-81-42-36-61(47-65(81)62-25-17-22-59-31-32-63-64-26-12-15-39-80(64,60-23-10-7-11-24-60)49-66(79)74(81)73(63)72(59)62)77(5)40-37-69(85)83(68(84)33-29-55(3)18-16-21-56-19-8-6-9-20-56)75(77)67-50-76(4,38-14-13-27-70(86)90-67)82(83,88)43-35-58-46-71(87)89-51-58/h6-11,17,19-20,22-25,31-32,46,54-55,57,61,64-69,74-75,84-85,88H,12-13,15-16,18,21,26-30,33-37,39-45,47-53H2,1-5H3/t55-,57+,61-,64+,65-,66+,67-,68-,69+,74-,75+,76+,77+,78-,79+,80+,81+,82-,83+/m1/s1. The number of ether oxygens (including phenoxy) is 2. The minimum Gasteiger partial charge on any atom is -0.462 e. The SMILES string of the molecule is CC(C)CC[C@H]1CC[C@@]2(CC[C@]3(C2)C[C@@]24CC[C@@H]([C@]5(C)CC[C@H](O)[C@@]6([C@H](O)CC[C@H](C)CCCc7ccccc7)[C@H]5[C@H]5C[C@](C)(C#CCCC(=O)O5)[C@]6(O)CCC5=CC(=O)OC5)C[C@@H]2c2cccc5ccc6c(c25)[C@H]4[C@@H]3C[C@]2(c3ccccc3)CCCC[C@@H]62)C1. The topological polar surface area (TPSA) is 113 Å². The summed E-state index contributed by atoms with van der Waals surface area (Å²) in [5.74, 6) is 9.62. The van der Waals surface area contributed by atoms with Crippen molar-refractivity contribution in [3.8, 4) is 11.8 Å². The Kier molecular flexibility index (Phi) is 15.7. The first kappa shape index (κ1) is 61.4. The number of aryl methyl sites for hydroxylation is 1. The van der Waals surface area contributed by atoms with E-state index in [1.807, 2.05) is 6.92 Å². The van der Waals surface area contributed by atoms with Crippen molar-refractivity contribution in [1.29, 1.82) is 0 Å². The maximum absolute atomic E-state index is 14.9. The van der Waals surface area contributed by atoms with Gasteiger partial charge in [0.15, 0.2) is 0 Å². The Labute approximate surface area is 539 Å². The molecule has 15 rings (SSSR count). The van der Waals surface area contributed by atoms with Crippen molar-refractivity contribution in [2.24, 2.45) is 68.0 Å². The van der Waals surface area contributed by atoms with Crippen molar-refractivity contribution in [3.05, 3.63) is 130 Å². The zero-order valence-electron chi connectivity index (χ0n) is 55.4. The van der Waals surface area contributed by atoms with Crippen LogP contribution in [0.5, 0.6) is 0 Å². The third-order valence-electron chi connectivity index (χ3n) is 29.1. The third-order valence-corrected chi connectivity index (χ3v) is 29.1. The van der Waals surface area contributed by atoms with Gasteiger partial charge in [-0.15, -0.1) is 5.92 Å². The zero-order chi connectivity index (χ0) is 62.1. The molecule has 7 saturated carbocycles. The Morgan fingerprint density at radius 3 is 2.37 bits per heavy atom. The molecule has 7 fully saturated rings. The van der Waals surface area contributed by atoms with Crippen LogP contribution >= 0.6 is 0 Å². The highest BCUT2D eigenvalue weighted by Crippen LogP contribution is 2.83. The molecule has 2 heterocycles. The minimum absolute atomic E-state index is 0.0590. The highest BCUT2D eigenvalue weighted by Gasteiger charge is 2.79. The van der Waals surface area contributed by atoms with Crippen LogP contribution < -0.4 is 0 Å². The number of aliphatic hydroxyl groups excluding tert-OH is 2. The van der Waals surface area contributed by atoms with Gasteiger partial charge >= 0.3 is 11.9 Å². The number of carbonyl (C=O) groups excluding carboxylic acids is 2. The summed E-state index contributed by atoms with van der Waals surface area (Å²) in [6.07, 6.45) is 27.1. The van der Waals surface area contributed by atoms with Gasteiger partial charge in [-0.3, -0.25) is 4.79 Å². The Hall–Kier alpha value is -4.74. The summed E-state index contributed by atoms with van der Waals surface area (Å²) >= 11 is 0. The van der Waals surface area contributed by atoms with Crippen LogP contribution in [0.4, 0.5) is 0 Å². The van der Waals surface area contributed by atoms with Gasteiger partial charge in [0.2, 0.25) is 0 Å². The van der Waals surface area contributed by atoms with Crippen molar-refractivity contribution in [2.75, 3.05) is 6.61 Å². The largest absolute Gasteiger partial charge is 0.462 e. The van der Waals surface area contributed by atoms with Crippen LogP contribution in [0.15, 0.2) is 103 Å². The second kappa shape index (κ2) is 23.0. The van der Waals surface area contributed by atoms with Crippen molar-refractivity contribution >= 4 is 22.7 Å². The molecule has 7 nitrogen and oxygen atoms in total. The maximum Gasteiger partial charge on any atom is 0.331 e. The number of aliphatic hydroxyl groups is 3. The molecule has 3 N–H and O–H groups in total. The minimum atomic E-state index is -1.75. The first-order chi connectivity index (χ1) is 43.4. The average Bonchev–Trinajstić information content (AvgIpc) is 1.22. The molecule has 90 heavy (non-hydrogen) atoms. The molecule has 9 aliphatic carbocycles. The predicted molar refractivity (Wildman–Crippen MR) is 357 cm³/mol. The third kappa shape index (κ3) is 9.52. The van der Waals surface area contributed by atoms with Crippen LogP contribution in [0.25, 0.3) is 10.8 Å². The molecule has 11 aliphatic rings. The summed E-state index contributed by atoms with van der Waals surface area (Å²) in [6, 6.07) is 35.3. The second-order valence-corrected chi connectivity index (χ2v) is 33.9. The Bertz CT molecular complexity index is 3470. The average molecular weight is 1220 g/mol. The first-order valence-electron chi connectivity index (χ1n) is 36.7. The summed E-state index contributed by atoms with van der Waals surface area (Å²) in [6.45, 7) is 11.8. The van der Waals surface area contributed by atoms with Crippen LogP contribution in [0, 0.1) is 79.8 Å². The van der Waals surface area contributed by atoms with Gasteiger partial charge < -0.3 is 24.8 Å². The van der Waals surface area contributed by atoms with E-state index in [2.05, 4.69) is 131 Å². The summed E-state index contributed by atoms with van der Waals surface area (Å²) in [5, 5.41) is 45.5. The monoisotopic (exact) mass is 1210 g/mol. The summed E-state index contributed by atoms with van der Waals surface area (Å²) in [5.41, 5.74) is 4.53. The number of rotatable bonds is 16. The van der Waals surface area contributed by atoms with E-state index in [0.717, 1.165) is 62.4 Å². The van der Waals surface area contributed by atoms with Gasteiger partial charge in [-0.1, -0.05) is 157 Å². The molecule has 4 aromatic carbocycles. The summed E-state index contributed by atoms with van der Waals surface area (Å²) in [7, 11) is 0. The number of hydrogen-bond acceptors (Lipinski definition) is 7. The number of cyclic esters (lactones) is 1. The van der Waals surface area contributed by atoms with E-state index in [0.29, 0.717) is 67.6 Å². The highest BCUT2D eigenvalue weighted by molar-refractivity contribution is 5.93. The molecule has 0 radical (unpaired) electrons. The number of benzene rings is 4. The van der Waals surface area contributed by atoms with Gasteiger partial charge in [0.25, 0.3) is 0 Å². The van der Waals surface area contributed by atoms with Gasteiger partial charge in [-0.25, -0.2) is 4.79 Å². The van der Waals surface area contributed by atoms with Crippen LogP contribution in [-0.4, -0.2) is 57.8 Å². The highest BCUT2D eigenvalue weighted by atomic mass is 16.5. The van der Waals surface area contributed by atoms with Crippen LogP contribution in [0.3, 0.4) is 0 Å². The first-order valence-corrected chi connectivity index (χ1v) is 36.7. The molecular weight excluding hydrogens is 1110 g/mol. The smallest absolute Gasteiger partial charge is 0.331 e. The fourth-order valence-electron chi connectivity index (χ4n) is 25.3. The molecule has 0 aromatic heterocycles. The Balaban J connectivity index is 0.863. The Morgan fingerprint density at radius 2 is 1.57 bits per heavy atom. The maximum atomic E-state index is 14.9. The van der Waals surface area contributed by atoms with E-state index in [1.54, 1.807) is 33.7 Å². The van der Waals surface area contributed by atoms with E-state index >= 15 is 0 Å². The van der Waals surface area contributed by atoms with Crippen LogP contribution in [-0.2, 0) is 30.9 Å². The molecule has 3 spiro atoms. The fraction of sp³-hybridized carbons (Fsp3) is 0.663. The lowest BCUT2D eigenvalue weighted by molar-refractivity contribution is -0.339. The van der Waals surface area contributed by atoms with E-state index in [4.69, 9.17) is 9.47 Å². The van der Waals surface area contributed by atoms with Crippen molar-refractivity contribution in [1.82, 2.24) is 0 Å². The molecular formula is C83H106O7. The number of esters is 2. The van der Waals surface area contributed by atoms with E-state index in [-0.39, 0.29) is 59.5 Å². The lowest BCUT2D eigenvalue weighted by Crippen LogP contribution is -2.79. The van der Waals surface area contributed by atoms with Crippen LogP contribution in [0.1, 0.15) is 260 Å². The van der Waals surface area contributed by atoms with Gasteiger partial charge in [-0.05, 0) is 255 Å². The predicted octanol–water partition coefficient (Wildman–Crippen LogP) is 17.9. The molecule has 19 atom stereocenters. The van der Waals surface area contributed by atoms with Crippen molar-refractivity contribution < 1.29 is 34.4 Å². The quantitative estimate of drug-likeness (QED) is 0.0756. The zero-order valence-corrected chi connectivity index (χ0v) is 55.4. The van der Waals surface area contributed by atoms with Gasteiger partial charge in [-0.2, -0.15) is 0 Å². The molecule has 7 heteroatoms. The summed E-state index contributed by atoms with van der Waals surface area (Å²) < 4.78 is 12.5. The lowest BCUT2D eigenvalue weighted by Gasteiger charge is -2.72. The fourth-order valence-corrected chi connectivity index (χ4v) is 25.3. The molecule has 0 unspecified atom stereocenters. The molecule has 0 saturated heterocycles. The summed E-state index contributed by atoms with van der Waals surface area (Å²) in [4.78, 5) is 27.3.